The fourth-order valence-corrected chi connectivity index (χ4v) is 5.61. The minimum Gasteiger partial charge on any atom is -0.489 e. The molecule has 0 bridgehead atoms. The summed E-state index contributed by atoms with van der Waals surface area (Å²) in [5, 5.41) is 0.562. The van der Waals surface area contributed by atoms with Crippen molar-refractivity contribution < 1.29 is 17.9 Å². The van der Waals surface area contributed by atoms with Gasteiger partial charge in [-0.2, -0.15) is 13.2 Å². The van der Waals surface area contributed by atoms with E-state index in [1.54, 1.807) is 6.20 Å². The first-order valence-electron chi connectivity index (χ1n) is 11.4. The number of alkyl halides is 3. The normalized spacial score (nSPS) is 17.1. The molecule has 11 heteroatoms. The lowest BCUT2D eigenvalue weighted by Gasteiger charge is -2.29. The Morgan fingerprint density at radius 2 is 2.06 bits per heavy atom. The number of aryl methyl sites for hydroxylation is 2. The number of hydrogen-bond donors (Lipinski definition) is 1. The number of rotatable bonds is 2. The van der Waals surface area contributed by atoms with E-state index in [1.165, 1.54) is 30.9 Å². The highest BCUT2D eigenvalue weighted by Gasteiger charge is 2.39. The van der Waals surface area contributed by atoms with Crippen LogP contribution in [0.3, 0.4) is 0 Å². The zero-order valence-corrected chi connectivity index (χ0v) is 19.9. The summed E-state index contributed by atoms with van der Waals surface area (Å²) in [6, 6.07) is 4.75. The van der Waals surface area contributed by atoms with Crippen LogP contribution in [0, 0.1) is 6.92 Å². The van der Waals surface area contributed by atoms with Gasteiger partial charge in [0, 0.05) is 18.0 Å². The van der Waals surface area contributed by atoms with Gasteiger partial charge in [-0.1, -0.05) is 11.6 Å². The first-order chi connectivity index (χ1) is 17.2. The smallest absolute Gasteiger partial charge is 0.418 e. The first kappa shape index (κ1) is 22.8. The van der Waals surface area contributed by atoms with Crippen molar-refractivity contribution in [1.82, 2.24) is 19.9 Å². The minimum atomic E-state index is -4.66. The van der Waals surface area contributed by atoms with Crippen LogP contribution in [-0.2, 0) is 12.6 Å². The SMILES string of the molecule is Cc1cc(N)nc(-c2cc3ncnc4c3c(c2Cl)OCCN4C2CCc3ccncc32)c1C(F)(F)F. The molecule has 184 valence electrons. The Bertz CT molecular complexity index is 1530. The molecule has 2 N–H and O–H groups in total. The number of nitrogen functional groups attached to an aromatic ring is 1. The van der Waals surface area contributed by atoms with Crippen molar-refractivity contribution in [3.63, 3.8) is 0 Å². The van der Waals surface area contributed by atoms with Crippen LogP contribution in [0.1, 0.15) is 34.7 Å². The van der Waals surface area contributed by atoms with Crippen LogP contribution in [0.4, 0.5) is 24.8 Å². The summed E-state index contributed by atoms with van der Waals surface area (Å²) >= 11 is 6.76. The summed E-state index contributed by atoms with van der Waals surface area (Å²) in [7, 11) is 0. The molecular formula is C25H20ClF3N6O. The quantitative estimate of drug-likeness (QED) is 0.377. The number of nitrogens with zero attached hydrogens (tertiary/aromatic N) is 5. The number of aromatic nitrogens is 4. The summed E-state index contributed by atoms with van der Waals surface area (Å²) in [5.41, 5.74) is 7.36. The number of hydrogen-bond acceptors (Lipinski definition) is 7. The number of pyridine rings is 2. The van der Waals surface area contributed by atoms with Gasteiger partial charge in [0.1, 0.15) is 24.6 Å². The van der Waals surface area contributed by atoms with E-state index in [9.17, 15) is 13.2 Å². The number of benzene rings is 1. The molecule has 4 heterocycles. The third-order valence-electron chi connectivity index (χ3n) is 6.79. The predicted octanol–water partition coefficient (Wildman–Crippen LogP) is 5.54. The first-order valence-corrected chi connectivity index (χ1v) is 11.8. The van der Waals surface area contributed by atoms with Crippen molar-refractivity contribution in [3.8, 4) is 17.0 Å². The number of nitrogens with two attached hydrogens (primary N) is 1. The van der Waals surface area contributed by atoms with Crippen molar-refractivity contribution >= 4 is 34.1 Å². The fourth-order valence-electron chi connectivity index (χ4n) is 5.32. The summed E-state index contributed by atoms with van der Waals surface area (Å²) in [6.45, 7) is 2.11. The minimum absolute atomic E-state index is 0.0110. The van der Waals surface area contributed by atoms with E-state index in [-0.39, 0.29) is 46.1 Å². The topological polar surface area (TPSA) is 90.0 Å². The number of fused-ring (bicyclic) bond motifs is 1. The second kappa shape index (κ2) is 8.19. The summed E-state index contributed by atoms with van der Waals surface area (Å²) in [5.74, 6) is 0.818. The molecule has 0 fully saturated rings. The molecule has 0 saturated heterocycles. The highest BCUT2D eigenvalue weighted by atomic mass is 35.5. The van der Waals surface area contributed by atoms with E-state index >= 15 is 0 Å². The van der Waals surface area contributed by atoms with Gasteiger partial charge in [0.05, 0.1) is 39.8 Å². The summed E-state index contributed by atoms with van der Waals surface area (Å²) in [6.07, 6.45) is 2.20. The van der Waals surface area contributed by atoms with Crippen molar-refractivity contribution in [3.05, 3.63) is 64.2 Å². The van der Waals surface area contributed by atoms with Crippen molar-refractivity contribution in [1.29, 1.82) is 0 Å². The van der Waals surface area contributed by atoms with E-state index in [0.717, 1.165) is 18.4 Å². The zero-order chi connectivity index (χ0) is 25.2. The molecule has 1 aliphatic heterocycles. The summed E-state index contributed by atoms with van der Waals surface area (Å²) in [4.78, 5) is 19.4. The Hall–Kier alpha value is -3.66. The van der Waals surface area contributed by atoms with Crippen LogP contribution in [0.2, 0.25) is 5.02 Å². The molecule has 1 unspecified atom stereocenters. The lowest BCUT2D eigenvalue weighted by atomic mass is 9.99. The highest BCUT2D eigenvalue weighted by Crippen LogP contribution is 2.49. The van der Waals surface area contributed by atoms with E-state index < -0.39 is 11.7 Å². The molecule has 6 rings (SSSR count). The predicted molar refractivity (Wildman–Crippen MR) is 130 cm³/mol. The molecule has 0 amide bonds. The lowest BCUT2D eigenvalue weighted by molar-refractivity contribution is -0.137. The molecule has 0 spiro atoms. The van der Waals surface area contributed by atoms with Gasteiger partial charge in [0.25, 0.3) is 0 Å². The Balaban J connectivity index is 1.57. The van der Waals surface area contributed by atoms with E-state index in [1.807, 2.05) is 12.3 Å². The van der Waals surface area contributed by atoms with Crippen LogP contribution < -0.4 is 15.4 Å². The van der Waals surface area contributed by atoms with Crippen molar-refractivity contribution in [2.45, 2.75) is 32.0 Å². The average molecular weight is 513 g/mol. The fraction of sp³-hybridized carbons (Fsp3) is 0.280. The molecule has 1 aromatic carbocycles. The van der Waals surface area contributed by atoms with Crippen molar-refractivity contribution in [2.24, 2.45) is 0 Å². The maximum absolute atomic E-state index is 14.0. The maximum atomic E-state index is 14.0. The van der Waals surface area contributed by atoms with Gasteiger partial charge >= 0.3 is 6.18 Å². The van der Waals surface area contributed by atoms with E-state index in [0.29, 0.717) is 23.3 Å². The second-order valence-corrected chi connectivity index (χ2v) is 9.29. The molecule has 1 aliphatic carbocycles. The molecule has 2 aliphatic rings. The molecule has 0 radical (unpaired) electrons. The molecule has 7 nitrogen and oxygen atoms in total. The Labute approximate surface area is 209 Å². The van der Waals surface area contributed by atoms with Gasteiger partial charge in [-0.25, -0.2) is 15.0 Å². The third kappa shape index (κ3) is 3.50. The van der Waals surface area contributed by atoms with Crippen LogP contribution in [0.5, 0.6) is 5.75 Å². The Morgan fingerprint density at radius 3 is 2.86 bits per heavy atom. The van der Waals surface area contributed by atoms with Gasteiger partial charge in [0.15, 0.2) is 5.75 Å². The van der Waals surface area contributed by atoms with Crippen LogP contribution in [0.15, 0.2) is 36.9 Å². The zero-order valence-electron chi connectivity index (χ0n) is 19.1. The monoisotopic (exact) mass is 512 g/mol. The molecule has 0 saturated carbocycles. The maximum Gasteiger partial charge on any atom is 0.418 e. The van der Waals surface area contributed by atoms with Gasteiger partial charge in [0.2, 0.25) is 0 Å². The Kier molecular flexibility index (Phi) is 5.18. The molecule has 3 aromatic heterocycles. The van der Waals surface area contributed by atoms with Crippen molar-refractivity contribution in [2.75, 3.05) is 23.8 Å². The van der Waals surface area contributed by atoms with Gasteiger partial charge < -0.3 is 15.4 Å². The Morgan fingerprint density at radius 1 is 1.22 bits per heavy atom. The van der Waals surface area contributed by atoms with Gasteiger partial charge in [-0.3, -0.25) is 4.98 Å². The third-order valence-corrected chi connectivity index (χ3v) is 7.17. The molecular weight excluding hydrogens is 493 g/mol. The second-order valence-electron chi connectivity index (χ2n) is 8.91. The lowest BCUT2D eigenvalue weighted by Crippen LogP contribution is -2.31. The van der Waals surface area contributed by atoms with E-state index in [4.69, 9.17) is 22.1 Å². The van der Waals surface area contributed by atoms with Crippen LogP contribution in [-0.4, -0.2) is 33.1 Å². The average Bonchev–Trinajstić information content (AvgIpc) is 3.15. The van der Waals surface area contributed by atoms with E-state index in [2.05, 4.69) is 24.8 Å². The highest BCUT2D eigenvalue weighted by molar-refractivity contribution is 6.36. The van der Waals surface area contributed by atoms with Gasteiger partial charge in [-0.05, 0) is 54.7 Å². The molecule has 36 heavy (non-hydrogen) atoms. The largest absolute Gasteiger partial charge is 0.489 e. The van der Waals surface area contributed by atoms with Gasteiger partial charge in [-0.15, -0.1) is 0 Å². The molecule has 1 atom stereocenters. The molecule has 4 aromatic rings. The van der Waals surface area contributed by atoms with Crippen LogP contribution >= 0.6 is 11.6 Å². The number of anilines is 2. The number of halogens is 4. The number of ether oxygens (including phenoxy) is 1. The summed E-state index contributed by atoms with van der Waals surface area (Å²) < 4.78 is 48.2. The van der Waals surface area contributed by atoms with Crippen LogP contribution in [0.25, 0.3) is 22.2 Å². The standard InChI is InChI=1S/C25H20ClF3N6O/c1-12-8-18(30)34-22(20(12)25(27,28)29)14-9-16-19-23(21(14)26)36-7-6-35(24(19)33-11-32-16)17-3-2-13-4-5-31-10-15(13)17/h4-5,8-11,17H,2-3,6-7H2,1H3,(H2,30,34).